The number of carbonyl (C=O) groups excluding carboxylic acids is 1. The Morgan fingerprint density at radius 2 is 1.68 bits per heavy atom. The molecule has 1 N–H and O–H groups in total. The molecule has 3 rings (SSSR count). The Kier molecular flexibility index (Phi) is 3.74. The molecule has 0 bridgehead atoms. The number of hydrogen-bond acceptors (Lipinski definition) is 2. The maximum atomic E-state index is 12.4. The number of benzene rings is 2. The molecular weight excluding hydrogens is 274 g/mol. The van der Waals surface area contributed by atoms with Gasteiger partial charge in [0.2, 0.25) is 0 Å². The Balaban J connectivity index is 1.90. The summed E-state index contributed by atoms with van der Waals surface area (Å²) in [5, 5.41) is 7.37. The second-order valence-electron chi connectivity index (χ2n) is 5.24. The first-order valence-corrected chi connectivity index (χ1v) is 7.13. The zero-order valence-electron chi connectivity index (χ0n) is 12.6. The first-order chi connectivity index (χ1) is 10.6. The number of anilines is 1. The van der Waals surface area contributed by atoms with Crippen LogP contribution in [0, 0.1) is 13.8 Å². The monoisotopic (exact) mass is 291 g/mol. The van der Waals surface area contributed by atoms with E-state index in [2.05, 4.69) is 10.4 Å². The van der Waals surface area contributed by atoms with Crippen LogP contribution in [0.1, 0.15) is 21.6 Å². The Morgan fingerprint density at radius 3 is 2.36 bits per heavy atom. The van der Waals surface area contributed by atoms with Crippen molar-refractivity contribution in [3.8, 4) is 5.69 Å². The van der Waals surface area contributed by atoms with E-state index in [1.54, 1.807) is 4.68 Å². The largest absolute Gasteiger partial charge is 0.306 e. The third-order valence-corrected chi connectivity index (χ3v) is 3.39. The highest BCUT2D eigenvalue weighted by Crippen LogP contribution is 2.18. The number of carbonyl (C=O) groups is 1. The molecule has 0 radical (unpaired) electrons. The van der Waals surface area contributed by atoms with Crippen molar-refractivity contribution in [2.24, 2.45) is 0 Å². The molecule has 4 nitrogen and oxygen atoms in total. The minimum atomic E-state index is -0.142. The highest BCUT2D eigenvalue weighted by Gasteiger charge is 2.12. The van der Waals surface area contributed by atoms with Crippen molar-refractivity contribution in [3.63, 3.8) is 0 Å². The second-order valence-corrected chi connectivity index (χ2v) is 5.24. The van der Waals surface area contributed by atoms with Crippen LogP contribution in [0.25, 0.3) is 5.69 Å². The molecule has 22 heavy (non-hydrogen) atoms. The van der Waals surface area contributed by atoms with Crippen molar-refractivity contribution in [1.82, 2.24) is 9.78 Å². The summed E-state index contributed by atoms with van der Waals surface area (Å²) in [5.74, 6) is 0.520. The Labute approximate surface area is 129 Å². The molecule has 0 unspecified atom stereocenters. The van der Waals surface area contributed by atoms with E-state index in [4.69, 9.17) is 0 Å². The van der Waals surface area contributed by atoms with E-state index in [0.717, 1.165) is 16.9 Å². The van der Waals surface area contributed by atoms with Gasteiger partial charge in [0.1, 0.15) is 5.82 Å². The predicted molar refractivity (Wildman–Crippen MR) is 87.4 cm³/mol. The van der Waals surface area contributed by atoms with Crippen molar-refractivity contribution in [3.05, 3.63) is 77.5 Å². The molecule has 1 amide bonds. The predicted octanol–water partition coefficient (Wildman–Crippen LogP) is 3.74. The summed E-state index contributed by atoms with van der Waals surface area (Å²) >= 11 is 0. The van der Waals surface area contributed by atoms with Gasteiger partial charge in [0.25, 0.3) is 5.91 Å². The van der Waals surface area contributed by atoms with Gasteiger partial charge < -0.3 is 5.32 Å². The maximum Gasteiger partial charge on any atom is 0.256 e. The van der Waals surface area contributed by atoms with Crippen molar-refractivity contribution < 1.29 is 4.79 Å². The number of aryl methyl sites for hydroxylation is 2. The standard InChI is InChI=1S/C18H17N3O/c1-13-8-10-15(11-9-13)18(22)19-17-12-14(2)20-21(17)16-6-4-3-5-7-16/h3-12H,1-2H3,(H,19,22). The lowest BCUT2D eigenvalue weighted by atomic mass is 10.1. The van der Waals surface area contributed by atoms with Crippen LogP contribution in [-0.2, 0) is 0 Å². The van der Waals surface area contributed by atoms with Crippen LogP contribution < -0.4 is 5.32 Å². The van der Waals surface area contributed by atoms with Crippen LogP contribution in [0.4, 0.5) is 5.82 Å². The number of nitrogens with one attached hydrogen (secondary N) is 1. The molecule has 0 fully saturated rings. The SMILES string of the molecule is Cc1ccc(C(=O)Nc2cc(C)nn2-c2ccccc2)cc1. The molecule has 0 saturated heterocycles. The number of amides is 1. The van der Waals surface area contributed by atoms with Crippen LogP contribution >= 0.6 is 0 Å². The molecule has 0 spiro atoms. The van der Waals surface area contributed by atoms with E-state index < -0.39 is 0 Å². The van der Waals surface area contributed by atoms with Crippen LogP contribution in [0.2, 0.25) is 0 Å². The Bertz CT molecular complexity index is 789. The zero-order valence-corrected chi connectivity index (χ0v) is 12.6. The van der Waals surface area contributed by atoms with E-state index >= 15 is 0 Å². The van der Waals surface area contributed by atoms with Crippen molar-refractivity contribution >= 4 is 11.7 Å². The van der Waals surface area contributed by atoms with Crippen molar-refractivity contribution in [1.29, 1.82) is 0 Å². The third kappa shape index (κ3) is 2.91. The van der Waals surface area contributed by atoms with Gasteiger partial charge in [-0.3, -0.25) is 4.79 Å². The van der Waals surface area contributed by atoms with E-state index in [1.807, 2.05) is 74.5 Å². The van der Waals surface area contributed by atoms with Crippen molar-refractivity contribution in [2.45, 2.75) is 13.8 Å². The highest BCUT2D eigenvalue weighted by atomic mass is 16.1. The second kappa shape index (κ2) is 5.85. The van der Waals surface area contributed by atoms with Crippen LogP contribution in [0.3, 0.4) is 0 Å². The summed E-state index contributed by atoms with van der Waals surface area (Å²) in [6.07, 6.45) is 0. The molecule has 2 aromatic carbocycles. The normalized spacial score (nSPS) is 10.5. The smallest absolute Gasteiger partial charge is 0.256 e. The number of aromatic nitrogens is 2. The summed E-state index contributed by atoms with van der Waals surface area (Å²) in [4.78, 5) is 12.4. The molecule has 0 saturated carbocycles. The minimum Gasteiger partial charge on any atom is -0.306 e. The average molecular weight is 291 g/mol. The zero-order chi connectivity index (χ0) is 15.5. The molecule has 0 atom stereocenters. The van der Waals surface area contributed by atoms with Gasteiger partial charge in [-0.25, -0.2) is 4.68 Å². The van der Waals surface area contributed by atoms with E-state index in [-0.39, 0.29) is 5.91 Å². The van der Waals surface area contributed by atoms with Crippen molar-refractivity contribution in [2.75, 3.05) is 5.32 Å². The molecule has 1 aromatic heterocycles. The topological polar surface area (TPSA) is 46.9 Å². The van der Waals surface area contributed by atoms with E-state index in [9.17, 15) is 4.79 Å². The van der Waals surface area contributed by atoms with Gasteiger partial charge in [0.15, 0.2) is 0 Å². The maximum absolute atomic E-state index is 12.4. The van der Waals surface area contributed by atoms with E-state index in [0.29, 0.717) is 11.4 Å². The minimum absolute atomic E-state index is 0.142. The Morgan fingerprint density at radius 1 is 1.00 bits per heavy atom. The first-order valence-electron chi connectivity index (χ1n) is 7.13. The van der Waals surface area contributed by atoms with E-state index in [1.165, 1.54) is 0 Å². The molecule has 3 aromatic rings. The fourth-order valence-electron chi connectivity index (χ4n) is 2.25. The quantitative estimate of drug-likeness (QED) is 0.799. The number of rotatable bonds is 3. The fourth-order valence-corrected chi connectivity index (χ4v) is 2.25. The van der Waals surface area contributed by atoms with Gasteiger partial charge >= 0.3 is 0 Å². The number of hydrogen-bond donors (Lipinski definition) is 1. The summed E-state index contributed by atoms with van der Waals surface area (Å²) < 4.78 is 1.74. The van der Waals surface area contributed by atoms with Gasteiger partial charge in [0, 0.05) is 11.6 Å². The van der Waals surface area contributed by atoms with Crippen LogP contribution in [-0.4, -0.2) is 15.7 Å². The molecule has 0 aliphatic heterocycles. The molecular formula is C18H17N3O. The lowest BCUT2D eigenvalue weighted by molar-refractivity contribution is 0.102. The first kappa shape index (κ1) is 14.1. The van der Waals surface area contributed by atoms with Gasteiger partial charge in [-0.1, -0.05) is 35.9 Å². The van der Waals surface area contributed by atoms with Gasteiger partial charge in [-0.05, 0) is 38.1 Å². The van der Waals surface area contributed by atoms with Gasteiger partial charge in [-0.2, -0.15) is 5.10 Å². The average Bonchev–Trinajstić information content (AvgIpc) is 2.89. The molecule has 0 aliphatic carbocycles. The van der Waals surface area contributed by atoms with Gasteiger partial charge in [0.05, 0.1) is 11.4 Å². The Hall–Kier alpha value is -2.88. The lowest BCUT2D eigenvalue weighted by Crippen LogP contribution is -2.15. The number of para-hydroxylation sites is 1. The summed E-state index contributed by atoms with van der Waals surface area (Å²) in [7, 11) is 0. The number of nitrogens with zero attached hydrogens (tertiary/aromatic N) is 2. The molecule has 0 aliphatic rings. The molecule has 110 valence electrons. The fraction of sp³-hybridized carbons (Fsp3) is 0.111. The summed E-state index contributed by atoms with van der Waals surface area (Å²) in [6.45, 7) is 3.90. The molecule has 4 heteroatoms. The lowest BCUT2D eigenvalue weighted by Gasteiger charge is -2.09. The molecule has 1 heterocycles. The summed E-state index contributed by atoms with van der Waals surface area (Å²) in [6, 6.07) is 19.1. The highest BCUT2D eigenvalue weighted by molar-refractivity contribution is 6.04. The van der Waals surface area contributed by atoms with Gasteiger partial charge in [-0.15, -0.1) is 0 Å². The summed E-state index contributed by atoms with van der Waals surface area (Å²) in [5.41, 5.74) is 3.52. The third-order valence-electron chi connectivity index (χ3n) is 3.39. The van der Waals surface area contributed by atoms with Crippen LogP contribution in [0.15, 0.2) is 60.7 Å². The van der Waals surface area contributed by atoms with Crippen LogP contribution in [0.5, 0.6) is 0 Å².